The molecule has 2 aromatic rings. The first-order chi connectivity index (χ1) is 9.15. The SMILES string of the molecule is Nc1cc(C2CCCC2)nn1-c1ccc(F)c(Cl)c1. The molecule has 100 valence electrons. The lowest BCUT2D eigenvalue weighted by molar-refractivity contribution is 0.627. The summed E-state index contributed by atoms with van der Waals surface area (Å²) in [5.74, 6) is 0.621. The van der Waals surface area contributed by atoms with Gasteiger partial charge >= 0.3 is 0 Å². The largest absolute Gasteiger partial charge is 0.384 e. The van der Waals surface area contributed by atoms with E-state index in [4.69, 9.17) is 17.3 Å². The van der Waals surface area contributed by atoms with Crippen LogP contribution in [0.25, 0.3) is 5.69 Å². The van der Waals surface area contributed by atoms with Gasteiger partial charge in [-0.1, -0.05) is 24.4 Å². The summed E-state index contributed by atoms with van der Waals surface area (Å²) in [5.41, 5.74) is 7.70. The van der Waals surface area contributed by atoms with E-state index in [2.05, 4.69) is 5.10 Å². The number of halogens is 2. The minimum absolute atomic E-state index is 0.0785. The standard InChI is InChI=1S/C14H15ClFN3/c15-11-7-10(5-6-12(11)16)19-14(17)8-13(18-19)9-3-1-2-4-9/h5-9H,1-4,17H2. The van der Waals surface area contributed by atoms with Crippen LogP contribution in [0.1, 0.15) is 37.3 Å². The van der Waals surface area contributed by atoms with E-state index in [-0.39, 0.29) is 5.02 Å². The Balaban J connectivity index is 1.97. The lowest BCUT2D eigenvalue weighted by Gasteiger charge is -2.06. The zero-order chi connectivity index (χ0) is 13.4. The Hall–Kier alpha value is -1.55. The Labute approximate surface area is 116 Å². The normalized spacial score (nSPS) is 16.1. The second-order valence-corrected chi connectivity index (χ2v) is 5.39. The monoisotopic (exact) mass is 279 g/mol. The van der Waals surface area contributed by atoms with E-state index in [1.54, 1.807) is 16.8 Å². The summed E-state index contributed by atoms with van der Waals surface area (Å²) in [4.78, 5) is 0. The Morgan fingerprint density at radius 1 is 1.26 bits per heavy atom. The van der Waals surface area contributed by atoms with Crippen LogP contribution in [0.3, 0.4) is 0 Å². The third kappa shape index (κ3) is 2.32. The Bertz CT molecular complexity index is 603. The number of aromatic nitrogens is 2. The zero-order valence-electron chi connectivity index (χ0n) is 10.4. The molecule has 0 atom stereocenters. The molecule has 1 fully saturated rings. The van der Waals surface area contributed by atoms with Gasteiger partial charge in [-0.15, -0.1) is 0 Å². The van der Waals surface area contributed by atoms with Gasteiger partial charge in [0.25, 0.3) is 0 Å². The maximum absolute atomic E-state index is 13.2. The van der Waals surface area contributed by atoms with E-state index in [1.807, 2.05) is 6.07 Å². The van der Waals surface area contributed by atoms with Gasteiger partial charge in [0.1, 0.15) is 11.6 Å². The zero-order valence-corrected chi connectivity index (χ0v) is 11.2. The van der Waals surface area contributed by atoms with Gasteiger partial charge in [-0.3, -0.25) is 0 Å². The summed E-state index contributed by atoms with van der Waals surface area (Å²) >= 11 is 5.79. The molecule has 1 aliphatic rings. The van der Waals surface area contributed by atoms with Crippen LogP contribution >= 0.6 is 11.6 Å². The summed E-state index contributed by atoms with van der Waals surface area (Å²) < 4.78 is 14.8. The number of hydrogen-bond donors (Lipinski definition) is 1. The highest BCUT2D eigenvalue weighted by Gasteiger charge is 2.21. The van der Waals surface area contributed by atoms with E-state index in [9.17, 15) is 4.39 Å². The minimum atomic E-state index is -0.438. The van der Waals surface area contributed by atoms with Crippen molar-refractivity contribution in [1.82, 2.24) is 9.78 Å². The van der Waals surface area contributed by atoms with Gasteiger partial charge < -0.3 is 5.73 Å². The van der Waals surface area contributed by atoms with Gasteiger partial charge in [0, 0.05) is 12.0 Å². The molecular formula is C14H15ClFN3. The molecule has 3 nitrogen and oxygen atoms in total. The Morgan fingerprint density at radius 2 is 2.00 bits per heavy atom. The van der Waals surface area contributed by atoms with Crippen LogP contribution in [0.4, 0.5) is 10.2 Å². The van der Waals surface area contributed by atoms with Crippen molar-refractivity contribution in [2.75, 3.05) is 5.73 Å². The Morgan fingerprint density at radius 3 is 2.68 bits per heavy atom. The number of hydrogen-bond acceptors (Lipinski definition) is 2. The molecule has 3 rings (SSSR count). The summed E-state index contributed by atoms with van der Waals surface area (Å²) in [7, 11) is 0. The van der Waals surface area contributed by atoms with Crippen molar-refractivity contribution < 1.29 is 4.39 Å². The van der Waals surface area contributed by atoms with E-state index >= 15 is 0 Å². The van der Waals surface area contributed by atoms with Crippen LogP contribution in [0.2, 0.25) is 5.02 Å². The van der Waals surface area contributed by atoms with Crippen molar-refractivity contribution in [3.63, 3.8) is 0 Å². The molecule has 19 heavy (non-hydrogen) atoms. The van der Waals surface area contributed by atoms with Crippen molar-refractivity contribution in [3.8, 4) is 5.69 Å². The van der Waals surface area contributed by atoms with Gasteiger partial charge in [-0.05, 0) is 31.0 Å². The second-order valence-electron chi connectivity index (χ2n) is 4.99. The third-order valence-corrected chi connectivity index (χ3v) is 3.97. The smallest absolute Gasteiger partial charge is 0.141 e. The summed E-state index contributed by atoms with van der Waals surface area (Å²) in [5, 5.41) is 4.62. The molecule has 1 aromatic heterocycles. The number of nitrogens with zero attached hydrogens (tertiary/aromatic N) is 2. The third-order valence-electron chi connectivity index (χ3n) is 3.68. The van der Waals surface area contributed by atoms with E-state index in [0.29, 0.717) is 17.4 Å². The number of benzene rings is 1. The number of rotatable bonds is 2. The van der Waals surface area contributed by atoms with Crippen LogP contribution in [0.5, 0.6) is 0 Å². The molecule has 0 bridgehead atoms. The van der Waals surface area contributed by atoms with Crippen molar-refractivity contribution >= 4 is 17.4 Å². The minimum Gasteiger partial charge on any atom is -0.384 e. The first kappa shape index (κ1) is 12.5. The van der Waals surface area contributed by atoms with Crippen LogP contribution in [-0.2, 0) is 0 Å². The average Bonchev–Trinajstić information content (AvgIpc) is 3.01. The van der Waals surface area contributed by atoms with E-state index < -0.39 is 5.82 Å². The van der Waals surface area contributed by atoms with Gasteiger partial charge in [0.15, 0.2) is 0 Å². The van der Waals surface area contributed by atoms with Gasteiger partial charge in [0.05, 0.1) is 16.4 Å². The quantitative estimate of drug-likeness (QED) is 0.906. The van der Waals surface area contributed by atoms with Crippen molar-refractivity contribution in [2.24, 2.45) is 0 Å². The first-order valence-corrected chi connectivity index (χ1v) is 6.84. The van der Waals surface area contributed by atoms with Crippen LogP contribution < -0.4 is 5.73 Å². The van der Waals surface area contributed by atoms with Gasteiger partial charge in [-0.25, -0.2) is 9.07 Å². The lowest BCUT2D eigenvalue weighted by atomic mass is 10.1. The maximum atomic E-state index is 13.2. The predicted molar refractivity (Wildman–Crippen MR) is 74.2 cm³/mol. The molecule has 0 amide bonds. The average molecular weight is 280 g/mol. The number of anilines is 1. The van der Waals surface area contributed by atoms with Crippen LogP contribution in [-0.4, -0.2) is 9.78 Å². The molecule has 0 radical (unpaired) electrons. The summed E-state index contributed by atoms with van der Waals surface area (Å²) in [6, 6.07) is 6.41. The molecule has 0 saturated heterocycles. The van der Waals surface area contributed by atoms with Crippen molar-refractivity contribution in [1.29, 1.82) is 0 Å². The molecule has 1 saturated carbocycles. The van der Waals surface area contributed by atoms with E-state index in [0.717, 1.165) is 5.69 Å². The number of nitrogens with two attached hydrogens (primary N) is 1. The highest BCUT2D eigenvalue weighted by Crippen LogP contribution is 2.34. The molecule has 1 heterocycles. The molecule has 0 aliphatic heterocycles. The topological polar surface area (TPSA) is 43.8 Å². The summed E-state index contributed by atoms with van der Waals surface area (Å²) in [6.45, 7) is 0. The first-order valence-electron chi connectivity index (χ1n) is 6.46. The molecule has 1 aromatic carbocycles. The predicted octanol–water partition coefficient (Wildman–Crippen LogP) is 3.90. The molecule has 1 aliphatic carbocycles. The van der Waals surface area contributed by atoms with Crippen molar-refractivity contribution in [2.45, 2.75) is 31.6 Å². The molecule has 0 unspecified atom stereocenters. The molecule has 5 heteroatoms. The molecule has 0 spiro atoms. The van der Waals surface area contributed by atoms with Crippen LogP contribution in [0, 0.1) is 5.82 Å². The van der Waals surface area contributed by atoms with Gasteiger partial charge in [0.2, 0.25) is 0 Å². The fourth-order valence-corrected chi connectivity index (χ4v) is 2.83. The Kier molecular flexibility index (Phi) is 3.19. The van der Waals surface area contributed by atoms with E-state index in [1.165, 1.54) is 31.7 Å². The molecule has 2 N–H and O–H groups in total. The van der Waals surface area contributed by atoms with Crippen molar-refractivity contribution in [3.05, 3.63) is 40.8 Å². The highest BCUT2D eigenvalue weighted by molar-refractivity contribution is 6.30. The van der Waals surface area contributed by atoms with Crippen LogP contribution in [0.15, 0.2) is 24.3 Å². The second kappa shape index (κ2) is 4.85. The summed E-state index contributed by atoms with van der Waals surface area (Å²) in [6.07, 6.45) is 4.83. The fraction of sp³-hybridized carbons (Fsp3) is 0.357. The van der Waals surface area contributed by atoms with Gasteiger partial charge in [-0.2, -0.15) is 5.10 Å². The maximum Gasteiger partial charge on any atom is 0.141 e. The lowest BCUT2D eigenvalue weighted by Crippen LogP contribution is -2.03. The number of nitrogen functional groups attached to an aromatic ring is 1. The molecular weight excluding hydrogens is 265 g/mol. The fourth-order valence-electron chi connectivity index (χ4n) is 2.66. The highest BCUT2D eigenvalue weighted by atomic mass is 35.5.